The van der Waals surface area contributed by atoms with Gasteiger partial charge in [-0.15, -0.1) is 0 Å². The third-order valence-corrected chi connectivity index (χ3v) is 4.88. The molecule has 0 spiro atoms. The summed E-state index contributed by atoms with van der Waals surface area (Å²) in [6.07, 6.45) is 5.05. The molecular weight excluding hydrogens is 304 g/mol. The smallest absolute Gasteiger partial charge is 0.229 e. The van der Waals surface area contributed by atoms with Gasteiger partial charge in [0.25, 0.3) is 0 Å². The Bertz CT molecular complexity index is 957. The molecule has 3 aromatic heterocycles. The third kappa shape index (κ3) is 1.99. The van der Waals surface area contributed by atoms with Crippen LogP contribution in [0, 0.1) is 0 Å². The zero-order chi connectivity index (χ0) is 16.9. The van der Waals surface area contributed by atoms with E-state index in [1.165, 1.54) is 0 Å². The Kier molecular flexibility index (Phi) is 3.09. The summed E-state index contributed by atoms with van der Waals surface area (Å²) in [6, 6.07) is 7.88. The molecule has 0 unspecified atom stereocenters. The lowest BCUT2D eigenvalue weighted by molar-refractivity contribution is -0.120. The first kappa shape index (κ1) is 14.7. The fourth-order valence-corrected chi connectivity index (χ4v) is 3.25. The molecule has 1 saturated carbocycles. The molecule has 0 saturated heterocycles. The molecule has 4 rings (SSSR count). The first-order chi connectivity index (χ1) is 11.6. The maximum atomic E-state index is 11.8. The van der Waals surface area contributed by atoms with Gasteiger partial charge in [0.15, 0.2) is 0 Å². The van der Waals surface area contributed by atoms with Crippen LogP contribution in [0.15, 0.2) is 36.7 Å². The number of aromatic nitrogens is 3. The zero-order valence-corrected chi connectivity index (χ0v) is 13.6. The summed E-state index contributed by atoms with van der Waals surface area (Å²) < 4.78 is 7.44. The van der Waals surface area contributed by atoms with Gasteiger partial charge in [0.1, 0.15) is 0 Å². The maximum Gasteiger partial charge on any atom is 0.229 e. The average Bonchev–Trinajstić information content (AvgIpc) is 3.35. The van der Waals surface area contributed by atoms with Gasteiger partial charge in [-0.3, -0.25) is 9.78 Å². The molecule has 6 heteroatoms. The van der Waals surface area contributed by atoms with Gasteiger partial charge in [0.05, 0.1) is 35.0 Å². The van der Waals surface area contributed by atoms with Gasteiger partial charge < -0.3 is 15.0 Å². The lowest BCUT2D eigenvalue weighted by Gasteiger charge is -2.11. The van der Waals surface area contributed by atoms with Crippen molar-refractivity contribution < 1.29 is 9.53 Å². The van der Waals surface area contributed by atoms with Gasteiger partial charge >= 0.3 is 0 Å². The van der Waals surface area contributed by atoms with E-state index in [-0.39, 0.29) is 5.91 Å². The van der Waals surface area contributed by atoms with Gasteiger partial charge in [-0.05, 0) is 37.1 Å². The van der Waals surface area contributed by atoms with Crippen molar-refractivity contribution in [2.45, 2.75) is 18.3 Å². The minimum Gasteiger partial charge on any atom is -0.481 e. The van der Waals surface area contributed by atoms with E-state index < -0.39 is 5.41 Å². The number of hydrogen-bond donors (Lipinski definition) is 1. The standard InChI is InChI=1S/C18H18N4O2/c1-22-13-9-15(18(5-6-18)17(19)23)21-10-11(13)8-14(22)12-4-3-7-20-16(12)24-2/h3-4,7-10H,5-6H2,1-2H3,(H2,19,23). The summed E-state index contributed by atoms with van der Waals surface area (Å²) in [6.45, 7) is 0. The summed E-state index contributed by atoms with van der Waals surface area (Å²) in [4.78, 5) is 20.5. The van der Waals surface area contributed by atoms with E-state index in [4.69, 9.17) is 10.5 Å². The molecule has 2 N–H and O–H groups in total. The quantitative estimate of drug-likeness (QED) is 0.798. The number of carbonyl (C=O) groups excluding carboxylic acids is 1. The van der Waals surface area contributed by atoms with Gasteiger partial charge in [0.2, 0.25) is 11.8 Å². The molecule has 0 atom stereocenters. The third-order valence-electron chi connectivity index (χ3n) is 4.88. The van der Waals surface area contributed by atoms with Crippen LogP contribution in [0.2, 0.25) is 0 Å². The summed E-state index contributed by atoms with van der Waals surface area (Å²) in [7, 11) is 3.59. The molecule has 1 aliphatic rings. The molecule has 1 amide bonds. The van der Waals surface area contributed by atoms with Gasteiger partial charge in [-0.2, -0.15) is 0 Å². The second-order valence-corrected chi connectivity index (χ2v) is 6.22. The number of methoxy groups -OCH3 is 1. The number of ether oxygens (including phenoxy) is 1. The Morgan fingerprint density at radius 1 is 1.33 bits per heavy atom. The van der Waals surface area contributed by atoms with Crippen LogP contribution in [-0.4, -0.2) is 27.6 Å². The topological polar surface area (TPSA) is 83.0 Å². The zero-order valence-electron chi connectivity index (χ0n) is 13.6. The normalized spacial score (nSPS) is 15.4. The molecule has 3 heterocycles. The van der Waals surface area contributed by atoms with Crippen LogP contribution in [0.4, 0.5) is 0 Å². The molecule has 1 fully saturated rings. The maximum absolute atomic E-state index is 11.8. The van der Waals surface area contributed by atoms with Gasteiger partial charge in [0, 0.05) is 24.8 Å². The number of aryl methyl sites for hydroxylation is 1. The Balaban J connectivity index is 1.88. The minimum absolute atomic E-state index is 0.294. The molecule has 0 radical (unpaired) electrons. The van der Waals surface area contributed by atoms with Crippen LogP contribution < -0.4 is 10.5 Å². The summed E-state index contributed by atoms with van der Waals surface area (Å²) in [5.74, 6) is 0.282. The molecule has 1 aliphatic carbocycles. The minimum atomic E-state index is -0.579. The number of hydrogen-bond acceptors (Lipinski definition) is 4. The monoisotopic (exact) mass is 322 g/mol. The first-order valence-electron chi connectivity index (χ1n) is 7.82. The number of nitrogens with zero attached hydrogens (tertiary/aromatic N) is 3. The van der Waals surface area contributed by atoms with Crippen molar-refractivity contribution in [1.29, 1.82) is 0 Å². The number of rotatable bonds is 4. The van der Waals surface area contributed by atoms with Gasteiger partial charge in [-0.25, -0.2) is 4.98 Å². The second kappa shape index (κ2) is 5.06. The number of fused-ring (bicyclic) bond motifs is 1. The van der Waals surface area contributed by atoms with Crippen molar-refractivity contribution in [3.8, 4) is 17.1 Å². The molecular formula is C18H18N4O2. The van der Waals surface area contributed by atoms with E-state index in [1.54, 1.807) is 19.5 Å². The van der Waals surface area contributed by atoms with Crippen LogP contribution in [0.5, 0.6) is 5.88 Å². The Morgan fingerprint density at radius 3 is 2.79 bits per heavy atom. The number of carbonyl (C=O) groups is 1. The highest BCUT2D eigenvalue weighted by Crippen LogP contribution is 2.47. The summed E-state index contributed by atoms with van der Waals surface area (Å²) in [5.41, 5.74) is 8.65. The van der Waals surface area contributed by atoms with E-state index in [2.05, 4.69) is 20.6 Å². The first-order valence-corrected chi connectivity index (χ1v) is 7.82. The fourth-order valence-electron chi connectivity index (χ4n) is 3.25. The predicted molar refractivity (Wildman–Crippen MR) is 90.6 cm³/mol. The van der Waals surface area contributed by atoms with Crippen molar-refractivity contribution in [2.24, 2.45) is 12.8 Å². The summed E-state index contributed by atoms with van der Waals surface area (Å²) >= 11 is 0. The highest BCUT2D eigenvalue weighted by molar-refractivity contribution is 5.92. The van der Waals surface area contributed by atoms with Crippen LogP contribution in [0.3, 0.4) is 0 Å². The molecule has 3 aromatic rings. The second-order valence-electron chi connectivity index (χ2n) is 6.22. The van der Waals surface area contributed by atoms with E-state index in [0.717, 1.165) is 40.7 Å². The lowest BCUT2D eigenvalue weighted by Crippen LogP contribution is -2.29. The van der Waals surface area contributed by atoms with Crippen molar-refractivity contribution >= 4 is 16.8 Å². The van der Waals surface area contributed by atoms with Crippen LogP contribution in [0.25, 0.3) is 22.2 Å². The van der Waals surface area contributed by atoms with E-state index in [0.29, 0.717) is 5.88 Å². The molecule has 24 heavy (non-hydrogen) atoms. The van der Waals surface area contributed by atoms with Crippen molar-refractivity contribution in [2.75, 3.05) is 7.11 Å². The number of nitrogens with two attached hydrogens (primary N) is 1. The highest BCUT2D eigenvalue weighted by Gasteiger charge is 2.51. The number of amides is 1. The SMILES string of the molecule is COc1ncccc1-c1cc2cnc(C3(C(N)=O)CC3)cc2n1C. The number of primary amides is 1. The Labute approximate surface area is 139 Å². The average molecular weight is 322 g/mol. The largest absolute Gasteiger partial charge is 0.481 e. The highest BCUT2D eigenvalue weighted by atomic mass is 16.5. The molecule has 0 bridgehead atoms. The summed E-state index contributed by atoms with van der Waals surface area (Å²) in [5, 5.41) is 1.00. The van der Waals surface area contributed by atoms with Crippen molar-refractivity contribution in [3.63, 3.8) is 0 Å². The molecule has 6 nitrogen and oxygen atoms in total. The number of pyridine rings is 2. The van der Waals surface area contributed by atoms with Gasteiger partial charge in [-0.1, -0.05) is 0 Å². The Hall–Kier alpha value is -2.89. The lowest BCUT2D eigenvalue weighted by atomic mass is 10.0. The van der Waals surface area contributed by atoms with Crippen LogP contribution in [0.1, 0.15) is 18.5 Å². The van der Waals surface area contributed by atoms with Crippen molar-refractivity contribution in [1.82, 2.24) is 14.5 Å². The fraction of sp³-hybridized carbons (Fsp3) is 0.278. The Morgan fingerprint density at radius 2 is 2.12 bits per heavy atom. The molecule has 0 aromatic carbocycles. The molecule has 122 valence electrons. The predicted octanol–water partition coefficient (Wildman–Crippen LogP) is 2.16. The van der Waals surface area contributed by atoms with E-state index >= 15 is 0 Å². The van der Waals surface area contributed by atoms with Crippen LogP contribution in [-0.2, 0) is 17.3 Å². The van der Waals surface area contributed by atoms with E-state index in [1.807, 2.05) is 25.2 Å². The van der Waals surface area contributed by atoms with E-state index in [9.17, 15) is 4.79 Å². The molecule has 0 aliphatic heterocycles. The van der Waals surface area contributed by atoms with Crippen LogP contribution >= 0.6 is 0 Å². The van der Waals surface area contributed by atoms with Crippen molar-refractivity contribution in [3.05, 3.63) is 42.4 Å².